The second-order valence-electron chi connectivity index (χ2n) is 7.10. The molecule has 2 fully saturated rings. The highest BCUT2D eigenvalue weighted by molar-refractivity contribution is 6.23. The summed E-state index contributed by atoms with van der Waals surface area (Å²) in [6.07, 6.45) is 2.07. The molecule has 138 valence electrons. The molecule has 1 aliphatic carbocycles. The van der Waals surface area contributed by atoms with Gasteiger partial charge in [-0.25, -0.2) is 0 Å². The molecule has 1 aliphatic heterocycles. The quantitative estimate of drug-likeness (QED) is 0.526. The molecule has 2 aliphatic rings. The lowest BCUT2D eigenvalue weighted by Gasteiger charge is -2.26. The Bertz CT molecular complexity index is 715. The van der Waals surface area contributed by atoms with Crippen molar-refractivity contribution in [2.75, 3.05) is 39.5 Å². The van der Waals surface area contributed by atoms with Gasteiger partial charge in [0.2, 0.25) is 0 Å². The number of ether oxygens (including phenoxy) is 2. The number of morpholine rings is 1. The largest absolute Gasteiger partial charge is 0.493 e. The number of nitrogens with zero attached hydrogens (tertiary/aromatic N) is 1. The minimum absolute atomic E-state index is 0.232. The molecule has 0 spiro atoms. The lowest BCUT2D eigenvalue weighted by Crippen LogP contribution is -2.37. The van der Waals surface area contributed by atoms with Crippen LogP contribution in [0.15, 0.2) is 48.5 Å². The third-order valence-corrected chi connectivity index (χ3v) is 5.70. The summed E-state index contributed by atoms with van der Waals surface area (Å²) in [6.45, 7) is 5.57. The van der Waals surface area contributed by atoms with Crippen LogP contribution in [0.25, 0.3) is 11.1 Å². The highest BCUT2D eigenvalue weighted by atomic mass is 35.5. The minimum Gasteiger partial charge on any atom is -0.493 e. The van der Waals surface area contributed by atoms with E-state index in [0.29, 0.717) is 5.92 Å². The smallest absolute Gasteiger partial charge is 0.123 e. The Morgan fingerprint density at radius 3 is 2.54 bits per heavy atom. The summed E-state index contributed by atoms with van der Waals surface area (Å²) in [4.78, 5) is 2.45. The summed E-state index contributed by atoms with van der Waals surface area (Å²) >= 11 is 6.41. The van der Waals surface area contributed by atoms with Crippen LogP contribution < -0.4 is 4.74 Å². The van der Waals surface area contributed by atoms with Gasteiger partial charge in [0.1, 0.15) is 5.75 Å². The summed E-state index contributed by atoms with van der Waals surface area (Å²) in [5.74, 6) is 1.41. The van der Waals surface area contributed by atoms with Crippen LogP contribution >= 0.6 is 11.6 Å². The van der Waals surface area contributed by atoms with Gasteiger partial charge in [0.05, 0.1) is 19.8 Å². The molecule has 3 nitrogen and oxygen atoms in total. The summed E-state index contributed by atoms with van der Waals surface area (Å²) in [5.41, 5.74) is 3.77. The van der Waals surface area contributed by atoms with Crippen LogP contribution in [-0.4, -0.2) is 49.7 Å². The molecule has 1 saturated carbocycles. The van der Waals surface area contributed by atoms with Crippen LogP contribution in [0.2, 0.25) is 0 Å². The Hall–Kier alpha value is -1.55. The van der Waals surface area contributed by atoms with Crippen molar-refractivity contribution in [1.82, 2.24) is 4.90 Å². The normalized spacial score (nSPS) is 23.0. The van der Waals surface area contributed by atoms with Gasteiger partial charge in [-0.1, -0.05) is 42.5 Å². The van der Waals surface area contributed by atoms with E-state index in [4.69, 9.17) is 21.1 Å². The van der Waals surface area contributed by atoms with E-state index in [0.717, 1.165) is 58.0 Å². The molecule has 2 unspecified atom stereocenters. The Balaban J connectivity index is 1.45. The SMILES string of the molecule is ClC1CC1c1c(OCCCN2CCOCC2)cccc1-c1ccccc1. The summed E-state index contributed by atoms with van der Waals surface area (Å²) in [7, 11) is 0. The van der Waals surface area contributed by atoms with Crippen LogP contribution in [0.4, 0.5) is 0 Å². The molecule has 1 heterocycles. The average Bonchev–Trinajstić information content (AvgIpc) is 3.42. The Morgan fingerprint density at radius 1 is 1.04 bits per heavy atom. The molecule has 2 aromatic rings. The maximum atomic E-state index is 6.41. The predicted octanol–water partition coefficient (Wildman–Crippen LogP) is 4.55. The second-order valence-corrected chi connectivity index (χ2v) is 7.66. The van der Waals surface area contributed by atoms with E-state index in [9.17, 15) is 0 Å². The Labute approximate surface area is 160 Å². The van der Waals surface area contributed by atoms with E-state index in [1.165, 1.54) is 16.7 Å². The lowest BCUT2D eigenvalue weighted by molar-refractivity contribution is 0.0358. The van der Waals surface area contributed by atoms with E-state index >= 15 is 0 Å². The molecule has 0 radical (unpaired) electrons. The first kappa shape index (κ1) is 17.8. The minimum atomic E-state index is 0.232. The van der Waals surface area contributed by atoms with Gasteiger partial charge in [0.15, 0.2) is 0 Å². The fourth-order valence-electron chi connectivity index (χ4n) is 3.68. The standard InChI is InChI=1S/C22H26ClNO2/c23-20-16-19(20)22-18(17-6-2-1-3-7-17)8-4-9-21(22)26-13-5-10-24-11-14-25-15-12-24/h1-4,6-9,19-20H,5,10-16H2. The van der Waals surface area contributed by atoms with Gasteiger partial charge < -0.3 is 9.47 Å². The van der Waals surface area contributed by atoms with Crippen LogP contribution in [0.5, 0.6) is 5.75 Å². The van der Waals surface area contributed by atoms with E-state index in [1.807, 2.05) is 0 Å². The van der Waals surface area contributed by atoms with E-state index in [-0.39, 0.29) is 5.38 Å². The molecule has 26 heavy (non-hydrogen) atoms. The molecule has 0 amide bonds. The van der Waals surface area contributed by atoms with Crippen molar-refractivity contribution in [2.45, 2.75) is 24.1 Å². The first-order valence-corrected chi connectivity index (χ1v) is 10.0. The fraction of sp³-hybridized carbons (Fsp3) is 0.455. The van der Waals surface area contributed by atoms with Crippen LogP contribution in [-0.2, 0) is 4.74 Å². The molecule has 4 rings (SSSR count). The van der Waals surface area contributed by atoms with Gasteiger partial charge in [-0.3, -0.25) is 4.90 Å². The zero-order valence-corrected chi connectivity index (χ0v) is 15.8. The number of hydrogen-bond donors (Lipinski definition) is 0. The molecule has 0 bridgehead atoms. The van der Waals surface area contributed by atoms with Crippen LogP contribution in [0.1, 0.15) is 24.3 Å². The number of hydrogen-bond acceptors (Lipinski definition) is 3. The average molecular weight is 372 g/mol. The first-order valence-electron chi connectivity index (χ1n) is 9.58. The third-order valence-electron chi connectivity index (χ3n) is 5.21. The van der Waals surface area contributed by atoms with E-state index in [2.05, 4.69) is 53.4 Å². The Kier molecular flexibility index (Phi) is 5.78. The molecule has 0 aromatic heterocycles. The molecule has 4 heteroatoms. The number of benzene rings is 2. The Morgan fingerprint density at radius 2 is 1.81 bits per heavy atom. The predicted molar refractivity (Wildman–Crippen MR) is 106 cm³/mol. The number of halogens is 1. The van der Waals surface area contributed by atoms with Gasteiger partial charge in [-0.15, -0.1) is 11.6 Å². The van der Waals surface area contributed by atoms with Crippen molar-refractivity contribution in [3.05, 3.63) is 54.1 Å². The molecular formula is C22H26ClNO2. The molecule has 2 aromatic carbocycles. The monoisotopic (exact) mass is 371 g/mol. The van der Waals surface area contributed by atoms with E-state index < -0.39 is 0 Å². The fourth-order valence-corrected chi connectivity index (χ4v) is 4.00. The van der Waals surface area contributed by atoms with Gasteiger partial charge in [0, 0.05) is 36.5 Å². The first-order chi connectivity index (χ1) is 12.8. The van der Waals surface area contributed by atoms with Crippen molar-refractivity contribution in [2.24, 2.45) is 0 Å². The maximum absolute atomic E-state index is 6.41. The maximum Gasteiger partial charge on any atom is 0.123 e. The van der Waals surface area contributed by atoms with Crippen molar-refractivity contribution in [3.8, 4) is 16.9 Å². The van der Waals surface area contributed by atoms with Gasteiger partial charge >= 0.3 is 0 Å². The summed E-state index contributed by atoms with van der Waals surface area (Å²) < 4.78 is 11.6. The summed E-state index contributed by atoms with van der Waals surface area (Å²) in [6, 6.07) is 16.9. The lowest BCUT2D eigenvalue weighted by atomic mass is 9.96. The molecular weight excluding hydrogens is 346 g/mol. The highest BCUT2D eigenvalue weighted by Crippen LogP contribution is 2.51. The van der Waals surface area contributed by atoms with Gasteiger partial charge in [-0.05, 0) is 30.0 Å². The van der Waals surface area contributed by atoms with Crippen molar-refractivity contribution < 1.29 is 9.47 Å². The highest BCUT2D eigenvalue weighted by Gasteiger charge is 2.40. The molecule has 2 atom stereocenters. The van der Waals surface area contributed by atoms with Crippen molar-refractivity contribution in [3.63, 3.8) is 0 Å². The number of rotatable bonds is 7. The molecule has 0 N–H and O–H groups in total. The molecule has 1 saturated heterocycles. The van der Waals surface area contributed by atoms with Gasteiger partial charge in [0.25, 0.3) is 0 Å². The zero-order chi connectivity index (χ0) is 17.8. The van der Waals surface area contributed by atoms with Crippen molar-refractivity contribution >= 4 is 11.6 Å². The van der Waals surface area contributed by atoms with Crippen molar-refractivity contribution in [1.29, 1.82) is 0 Å². The summed E-state index contributed by atoms with van der Waals surface area (Å²) in [5, 5.41) is 0.232. The number of alkyl halides is 1. The third kappa shape index (κ3) is 4.22. The van der Waals surface area contributed by atoms with Gasteiger partial charge in [-0.2, -0.15) is 0 Å². The van der Waals surface area contributed by atoms with Crippen LogP contribution in [0.3, 0.4) is 0 Å². The zero-order valence-electron chi connectivity index (χ0n) is 15.1. The van der Waals surface area contributed by atoms with E-state index in [1.54, 1.807) is 0 Å². The topological polar surface area (TPSA) is 21.7 Å². The van der Waals surface area contributed by atoms with Crippen LogP contribution in [0, 0.1) is 0 Å². The second kappa shape index (κ2) is 8.43.